The molecule has 27 heavy (non-hydrogen) atoms. The van der Waals surface area contributed by atoms with Gasteiger partial charge in [-0.15, -0.1) is 13.2 Å². The van der Waals surface area contributed by atoms with Gasteiger partial charge in [-0.3, -0.25) is 4.79 Å². The number of H-pyrrole nitrogens is 1. The maximum atomic E-state index is 14.4. The summed E-state index contributed by atoms with van der Waals surface area (Å²) in [6.07, 6.45) is -4.93. The van der Waals surface area contributed by atoms with Crippen molar-refractivity contribution in [3.8, 4) is 5.75 Å². The molecule has 2 heterocycles. The van der Waals surface area contributed by atoms with Crippen LogP contribution in [0.25, 0.3) is 11.0 Å². The van der Waals surface area contributed by atoms with E-state index in [9.17, 15) is 27.5 Å². The van der Waals surface area contributed by atoms with Crippen LogP contribution >= 0.6 is 0 Å². The summed E-state index contributed by atoms with van der Waals surface area (Å²) in [7, 11) is 0. The van der Waals surface area contributed by atoms with Crippen LogP contribution in [0.15, 0.2) is 23.0 Å². The van der Waals surface area contributed by atoms with Gasteiger partial charge in [-0.05, 0) is 19.9 Å². The molecule has 0 bridgehead atoms. The van der Waals surface area contributed by atoms with Crippen molar-refractivity contribution in [2.24, 2.45) is 0 Å². The summed E-state index contributed by atoms with van der Waals surface area (Å²) >= 11 is 0. The number of benzene rings is 1. The zero-order chi connectivity index (χ0) is 19.9. The van der Waals surface area contributed by atoms with E-state index in [2.05, 4.69) is 19.8 Å². The normalized spacial score (nSPS) is 13.1. The number of aromatic nitrogens is 4. The van der Waals surface area contributed by atoms with Gasteiger partial charge in [0.1, 0.15) is 28.5 Å². The minimum absolute atomic E-state index is 0.0122. The van der Waals surface area contributed by atoms with Gasteiger partial charge in [-0.25, -0.2) is 14.1 Å². The van der Waals surface area contributed by atoms with Gasteiger partial charge in [-0.1, -0.05) is 6.07 Å². The molecule has 0 unspecified atom stereocenters. The highest BCUT2D eigenvalue weighted by atomic mass is 19.4. The van der Waals surface area contributed by atoms with Crippen molar-refractivity contribution in [3.05, 3.63) is 51.5 Å². The number of aliphatic hydroxyl groups is 1. The van der Waals surface area contributed by atoms with Crippen LogP contribution in [0.1, 0.15) is 30.0 Å². The summed E-state index contributed by atoms with van der Waals surface area (Å²) in [5.41, 5.74) is -0.307. The Kier molecular flexibility index (Phi) is 4.64. The smallest absolute Gasteiger partial charge is 0.406 e. The maximum absolute atomic E-state index is 14.4. The van der Waals surface area contributed by atoms with E-state index < -0.39 is 36.1 Å². The van der Waals surface area contributed by atoms with E-state index >= 15 is 0 Å². The fourth-order valence-corrected chi connectivity index (χ4v) is 2.78. The minimum Gasteiger partial charge on any atom is -0.406 e. The predicted molar refractivity (Wildman–Crippen MR) is 85.7 cm³/mol. The van der Waals surface area contributed by atoms with E-state index in [1.165, 1.54) is 11.6 Å². The lowest BCUT2D eigenvalue weighted by atomic mass is 10.1. The Labute approximate surface area is 149 Å². The lowest BCUT2D eigenvalue weighted by Gasteiger charge is -2.16. The number of hydrogen-bond acceptors (Lipinski definition) is 5. The summed E-state index contributed by atoms with van der Waals surface area (Å²) in [5.74, 6) is -1.34. The molecule has 144 valence electrons. The third kappa shape index (κ3) is 3.63. The van der Waals surface area contributed by atoms with Crippen molar-refractivity contribution < 1.29 is 27.4 Å². The monoisotopic (exact) mass is 386 g/mol. The Morgan fingerprint density at radius 3 is 2.67 bits per heavy atom. The molecule has 0 aliphatic heterocycles. The van der Waals surface area contributed by atoms with E-state index in [1.807, 2.05) is 0 Å². The number of hydrogen-bond donors (Lipinski definition) is 2. The summed E-state index contributed by atoms with van der Waals surface area (Å²) < 4.78 is 56.1. The first-order valence-electron chi connectivity index (χ1n) is 7.74. The number of fused-ring (bicyclic) bond motifs is 1. The molecule has 0 saturated carbocycles. The number of rotatable bonds is 4. The molecule has 0 aliphatic carbocycles. The van der Waals surface area contributed by atoms with Crippen molar-refractivity contribution in [1.82, 2.24) is 19.7 Å². The topological polar surface area (TPSA) is 93.0 Å². The fraction of sp³-hybridized carbons (Fsp3) is 0.312. The number of halogens is 4. The van der Waals surface area contributed by atoms with E-state index in [-0.39, 0.29) is 22.3 Å². The van der Waals surface area contributed by atoms with E-state index in [0.717, 1.165) is 12.1 Å². The first-order chi connectivity index (χ1) is 12.6. The molecule has 3 aromatic rings. The van der Waals surface area contributed by atoms with E-state index in [4.69, 9.17) is 0 Å². The number of nitrogens with zero attached hydrogens (tertiary/aromatic N) is 3. The summed E-state index contributed by atoms with van der Waals surface area (Å²) in [4.78, 5) is 18.8. The van der Waals surface area contributed by atoms with Gasteiger partial charge in [0, 0.05) is 11.6 Å². The molecule has 0 saturated heterocycles. The molecule has 7 nitrogen and oxygen atoms in total. The van der Waals surface area contributed by atoms with Crippen LogP contribution in [0.4, 0.5) is 17.6 Å². The fourth-order valence-electron chi connectivity index (χ4n) is 2.78. The van der Waals surface area contributed by atoms with Crippen molar-refractivity contribution in [3.63, 3.8) is 0 Å². The second-order valence-electron chi connectivity index (χ2n) is 5.81. The minimum atomic E-state index is -4.93. The van der Waals surface area contributed by atoms with Gasteiger partial charge >= 0.3 is 6.36 Å². The Morgan fingerprint density at radius 2 is 2.07 bits per heavy atom. The van der Waals surface area contributed by atoms with Gasteiger partial charge in [0.05, 0.1) is 12.6 Å². The summed E-state index contributed by atoms with van der Waals surface area (Å²) in [5, 5.41) is 13.6. The number of aliphatic hydroxyl groups excluding tert-OH is 1. The quantitative estimate of drug-likeness (QED) is 0.673. The molecule has 0 aliphatic rings. The first-order valence-corrected chi connectivity index (χ1v) is 7.74. The molecule has 2 aromatic heterocycles. The number of alkyl halides is 3. The largest absolute Gasteiger partial charge is 0.573 e. The molecule has 11 heteroatoms. The van der Waals surface area contributed by atoms with Gasteiger partial charge in [0.25, 0.3) is 5.56 Å². The van der Waals surface area contributed by atoms with E-state index in [1.54, 1.807) is 6.92 Å². The lowest BCUT2D eigenvalue weighted by Crippen LogP contribution is -2.18. The molecule has 3 rings (SSSR count). The van der Waals surface area contributed by atoms with E-state index in [0.29, 0.717) is 11.9 Å². The van der Waals surface area contributed by atoms with Crippen molar-refractivity contribution in [1.29, 1.82) is 0 Å². The second-order valence-corrected chi connectivity index (χ2v) is 5.81. The van der Waals surface area contributed by atoms with Crippen LogP contribution in [0, 0.1) is 12.7 Å². The average Bonchev–Trinajstić information content (AvgIpc) is 2.91. The molecule has 0 spiro atoms. The van der Waals surface area contributed by atoms with Crippen molar-refractivity contribution in [2.45, 2.75) is 32.9 Å². The zero-order valence-electron chi connectivity index (χ0n) is 14.1. The number of aromatic amines is 1. The molecule has 0 fully saturated rings. The highest BCUT2D eigenvalue weighted by Crippen LogP contribution is 2.29. The third-order valence-corrected chi connectivity index (χ3v) is 3.92. The Hall–Kier alpha value is -2.95. The summed E-state index contributed by atoms with van der Waals surface area (Å²) in [6.45, 7) is 2.55. The van der Waals surface area contributed by atoms with Crippen LogP contribution in [0.3, 0.4) is 0 Å². The third-order valence-electron chi connectivity index (χ3n) is 3.92. The Morgan fingerprint density at radius 1 is 1.37 bits per heavy atom. The van der Waals surface area contributed by atoms with Crippen LogP contribution in [-0.2, 0) is 6.61 Å². The molecule has 1 aromatic carbocycles. The molecule has 0 radical (unpaired) electrons. The van der Waals surface area contributed by atoms with Gasteiger partial charge in [0.2, 0.25) is 0 Å². The number of nitrogens with one attached hydrogen (secondary N) is 1. The highest BCUT2D eigenvalue weighted by molar-refractivity contribution is 5.77. The molecule has 0 amide bonds. The van der Waals surface area contributed by atoms with Gasteiger partial charge < -0.3 is 14.8 Å². The van der Waals surface area contributed by atoms with Crippen molar-refractivity contribution in [2.75, 3.05) is 0 Å². The number of ether oxygens (including phenoxy) is 1. The molecular weight excluding hydrogens is 372 g/mol. The molecule has 2 N–H and O–H groups in total. The van der Waals surface area contributed by atoms with Crippen LogP contribution < -0.4 is 10.3 Å². The maximum Gasteiger partial charge on any atom is 0.573 e. The summed E-state index contributed by atoms with van der Waals surface area (Å²) in [6, 6.07) is 1.91. The standard InChI is InChI=1S/C16H14F4N4O3/c1-7(10-4-3-9(5-11(10)17)27-16(18,19)20)24-14-13(12(6-25)23-24)15(26)22-8(2)21-14/h3-5,7,25H,6H2,1-2H3,(H,21,22,26)/t7-/m0/s1. The van der Waals surface area contributed by atoms with Gasteiger partial charge in [-0.2, -0.15) is 5.10 Å². The van der Waals surface area contributed by atoms with Crippen LogP contribution in [-0.4, -0.2) is 31.2 Å². The zero-order valence-corrected chi connectivity index (χ0v) is 14.1. The lowest BCUT2D eigenvalue weighted by molar-refractivity contribution is -0.274. The second kappa shape index (κ2) is 6.65. The average molecular weight is 386 g/mol. The Bertz CT molecular complexity index is 1060. The first kappa shape index (κ1) is 18.8. The van der Waals surface area contributed by atoms with Crippen LogP contribution in [0.2, 0.25) is 0 Å². The highest BCUT2D eigenvalue weighted by Gasteiger charge is 2.31. The van der Waals surface area contributed by atoms with Crippen LogP contribution in [0.5, 0.6) is 5.75 Å². The SMILES string of the molecule is Cc1nc2c(c(CO)nn2[C@@H](C)c2ccc(OC(F)(F)F)cc2F)c(=O)[nH]1. The van der Waals surface area contributed by atoms with Gasteiger partial charge in [0.15, 0.2) is 5.65 Å². The van der Waals surface area contributed by atoms with Crippen molar-refractivity contribution >= 4 is 11.0 Å². The Balaban J connectivity index is 2.09. The molecular formula is C16H14F4N4O3. The number of aryl methyl sites for hydroxylation is 1. The predicted octanol–water partition coefficient (Wildman–Crippen LogP) is 2.57. The molecule has 1 atom stereocenters.